The molecule has 1 heterocycles. The molecule has 0 N–H and O–H groups in total. The van der Waals surface area contributed by atoms with E-state index >= 15 is 0 Å². The largest absolute Gasteiger partial charge is 0.296 e. The highest BCUT2D eigenvalue weighted by Crippen LogP contribution is 2.12. The highest BCUT2D eigenvalue weighted by Gasteiger charge is 2.04. The van der Waals surface area contributed by atoms with Gasteiger partial charge in [-0.1, -0.05) is 12.1 Å². The van der Waals surface area contributed by atoms with Crippen LogP contribution in [0, 0.1) is 11.3 Å². The number of aldehydes is 1. The summed E-state index contributed by atoms with van der Waals surface area (Å²) in [4.78, 5) is 10.5. The van der Waals surface area contributed by atoms with Gasteiger partial charge in [0.05, 0.1) is 11.3 Å². The Morgan fingerprint density at radius 1 is 1.33 bits per heavy atom. The third-order valence-corrected chi connectivity index (χ3v) is 2.00. The number of hydrogen-bond acceptors (Lipinski definition) is 3. The molecular weight excluding hydrogens is 190 g/mol. The van der Waals surface area contributed by atoms with Crippen molar-refractivity contribution in [3.8, 4) is 11.8 Å². The zero-order chi connectivity index (χ0) is 10.7. The molecule has 15 heavy (non-hydrogen) atoms. The van der Waals surface area contributed by atoms with Crippen molar-refractivity contribution in [2.75, 3.05) is 0 Å². The van der Waals surface area contributed by atoms with Crippen molar-refractivity contribution in [3.63, 3.8) is 0 Å². The van der Waals surface area contributed by atoms with Gasteiger partial charge in [-0.25, -0.2) is 4.68 Å². The van der Waals surface area contributed by atoms with Crippen molar-refractivity contribution in [3.05, 3.63) is 47.8 Å². The van der Waals surface area contributed by atoms with E-state index in [-0.39, 0.29) is 0 Å². The fourth-order valence-electron chi connectivity index (χ4n) is 1.30. The number of rotatable bonds is 2. The van der Waals surface area contributed by atoms with Gasteiger partial charge in [0.25, 0.3) is 0 Å². The van der Waals surface area contributed by atoms with E-state index in [1.165, 1.54) is 4.68 Å². The lowest BCUT2D eigenvalue weighted by Gasteiger charge is -2.02. The summed E-state index contributed by atoms with van der Waals surface area (Å²) in [6.45, 7) is 0. The lowest BCUT2D eigenvalue weighted by molar-refractivity contribution is 0.111. The molecule has 0 atom stereocenters. The van der Waals surface area contributed by atoms with E-state index in [1.807, 2.05) is 6.07 Å². The molecule has 0 spiro atoms. The van der Waals surface area contributed by atoms with Gasteiger partial charge >= 0.3 is 0 Å². The zero-order valence-electron chi connectivity index (χ0n) is 7.79. The third kappa shape index (κ3) is 1.63. The molecule has 0 bridgehead atoms. The maximum atomic E-state index is 10.5. The zero-order valence-corrected chi connectivity index (χ0v) is 7.79. The normalized spacial score (nSPS) is 9.53. The molecule has 0 fully saturated rings. The number of para-hydroxylation sites is 1. The van der Waals surface area contributed by atoms with Crippen LogP contribution in [-0.2, 0) is 0 Å². The molecule has 0 aliphatic heterocycles. The number of nitrogens with zero attached hydrogens (tertiary/aromatic N) is 3. The fraction of sp³-hybridized carbons (Fsp3) is 0. The van der Waals surface area contributed by atoms with E-state index in [2.05, 4.69) is 11.2 Å². The van der Waals surface area contributed by atoms with Crippen molar-refractivity contribution < 1.29 is 4.79 Å². The summed E-state index contributed by atoms with van der Waals surface area (Å²) >= 11 is 0. The predicted octanol–water partition coefficient (Wildman–Crippen LogP) is 1.56. The Hall–Kier alpha value is -2.41. The number of aromatic nitrogens is 2. The van der Waals surface area contributed by atoms with Gasteiger partial charge in [-0.2, -0.15) is 10.4 Å². The second kappa shape index (κ2) is 3.76. The van der Waals surface area contributed by atoms with Gasteiger partial charge in [0.1, 0.15) is 11.8 Å². The van der Waals surface area contributed by atoms with Gasteiger partial charge in [0.15, 0.2) is 6.29 Å². The first kappa shape index (κ1) is 9.16. The highest BCUT2D eigenvalue weighted by atomic mass is 16.1. The molecule has 0 amide bonds. The number of carbonyl (C=O) groups excluding carboxylic acids is 1. The molecule has 2 aromatic rings. The van der Waals surface area contributed by atoms with Gasteiger partial charge < -0.3 is 0 Å². The lowest BCUT2D eigenvalue weighted by Crippen LogP contribution is -1.98. The molecule has 1 aromatic heterocycles. The second-order valence-electron chi connectivity index (χ2n) is 2.93. The average Bonchev–Trinajstić information content (AvgIpc) is 2.77. The first-order valence-electron chi connectivity index (χ1n) is 4.35. The minimum absolute atomic E-state index is 0.350. The minimum atomic E-state index is 0.350. The Labute approximate surface area is 86.4 Å². The van der Waals surface area contributed by atoms with Crippen molar-refractivity contribution in [2.24, 2.45) is 0 Å². The Morgan fingerprint density at radius 3 is 2.80 bits per heavy atom. The quantitative estimate of drug-likeness (QED) is 0.686. The van der Waals surface area contributed by atoms with Crippen LogP contribution >= 0.6 is 0 Å². The van der Waals surface area contributed by atoms with Crippen LogP contribution in [0.1, 0.15) is 16.1 Å². The first-order chi connectivity index (χ1) is 7.35. The molecule has 72 valence electrons. The molecule has 0 radical (unpaired) electrons. The second-order valence-corrected chi connectivity index (χ2v) is 2.93. The van der Waals surface area contributed by atoms with Gasteiger partial charge in [-0.3, -0.25) is 4.79 Å². The predicted molar refractivity (Wildman–Crippen MR) is 53.7 cm³/mol. The van der Waals surface area contributed by atoms with Crippen LogP contribution < -0.4 is 0 Å². The topological polar surface area (TPSA) is 58.7 Å². The molecule has 4 nitrogen and oxygen atoms in total. The molecule has 0 saturated heterocycles. The monoisotopic (exact) mass is 197 g/mol. The Bertz CT molecular complexity index is 537. The summed E-state index contributed by atoms with van der Waals surface area (Å²) < 4.78 is 1.52. The summed E-state index contributed by atoms with van der Waals surface area (Å²) in [6, 6.07) is 10.8. The van der Waals surface area contributed by atoms with Crippen LogP contribution in [0.15, 0.2) is 36.5 Å². The van der Waals surface area contributed by atoms with E-state index in [0.29, 0.717) is 23.2 Å². The first-order valence-corrected chi connectivity index (χ1v) is 4.35. The smallest absolute Gasteiger partial charge is 0.170 e. The van der Waals surface area contributed by atoms with Crippen LogP contribution in [-0.4, -0.2) is 16.1 Å². The maximum Gasteiger partial charge on any atom is 0.170 e. The summed E-state index contributed by atoms with van der Waals surface area (Å²) in [7, 11) is 0. The van der Waals surface area contributed by atoms with Crippen molar-refractivity contribution in [2.45, 2.75) is 0 Å². The average molecular weight is 197 g/mol. The van der Waals surface area contributed by atoms with Gasteiger partial charge in [0, 0.05) is 6.20 Å². The van der Waals surface area contributed by atoms with Crippen LogP contribution in [0.25, 0.3) is 5.69 Å². The van der Waals surface area contributed by atoms with E-state index < -0.39 is 0 Å². The van der Waals surface area contributed by atoms with E-state index in [4.69, 9.17) is 5.26 Å². The summed E-state index contributed by atoms with van der Waals surface area (Å²) in [5.74, 6) is 0. The molecule has 4 heteroatoms. The Kier molecular flexibility index (Phi) is 2.30. The Balaban J connectivity index is 2.54. The third-order valence-electron chi connectivity index (χ3n) is 2.00. The van der Waals surface area contributed by atoms with E-state index in [1.54, 1.807) is 30.5 Å². The molecule has 1 aromatic carbocycles. The fourth-order valence-corrected chi connectivity index (χ4v) is 1.30. The van der Waals surface area contributed by atoms with Crippen LogP contribution in [0.2, 0.25) is 0 Å². The van der Waals surface area contributed by atoms with Gasteiger partial charge in [-0.05, 0) is 18.2 Å². The summed E-state index contributed by atoms with van der Waals surface area (Å²) in [5.41, 5.74) is 1.55. The number of hydrogen-bond donors (Lipinski definition) is 0. The summed E-state index contributed by atoms with van der Waals surface area (Å²) in [6.07, 6.45) is 2.32. The van der Waals surface area contributed by atoms with E-state index in [9.17, 15) is 4.79 Å². The number of carbonyl (C=O) groups is 1. The molecule has 0 unspecified atom stereocenters. The standard InChI is InChI=1S/C11H7N3O/c12-7-9-3-1-2-4-11(9)14-6-5-10(8-15)13-14/h1-6,8H. The lowest BCUT2D eigenvalue weighted by atomic mass is 10.2. The Morgan fingerprint density at radius 2 is 2.13 bits per heavy atom. The molecule has 0 saturated carbocycles. The van der Waals surface area contributed by atoms with E-state index in [0.717, 1.165) is 0 Å². The van der Waals surface area contributed by atoms with Crippen molar-refractivity contribution in [1.82, 2.24) is 9.78 Å². The van der Waals surface area contributed by atoms with Crippen LogP contribution in [0.4, 0.5) is 0 Å². The number of benzene rings is 1. The van der Waals surface area contributed by atoms with Crippen LogP contribution in [0.3, 0.4) is 0 Å². The van der Waals surface area contributed by atoms with Crippen LogP contribution in [0.5, 0.6) is 0 Å². The maximum absolute atomic E-state index is 10.5. The molecular formula is C11H7N3O. The van der Waals surface area contributed by atoms with Gasteiger partial charge in [0.2, 0.25) is 0 Å². The van der Waals surface area contributed by atoms with Crippen molar-refractivity contribution in [1.29, 1.82) is 5.26 Å². The van der Waals surface area contributed by atoms with Crippen molar-refractivity contribution >= 4 is 6.29 Å². The molecule has 0 aliphatic carbocycles. The summed E-state index contributed by atoms with van der Waals surface area (Å²) in [5, 5.41) is 12.9. The number of nitriles is 1. The molecule has 0 aliphatic rings. The highest BCUT2D eigenvalue weighted by molar-refractivity contribution is 5.71. The van der Waals surface area contributed by atoms with Gasteiger partial charge in [-0.15, -0.1) is 0 Å². The SMILES string of the molecule is N#Cc1ccccc1-n1ccc(C=O)n1. The minimum Gasteiger partial charge on any atom is -0.296 e. The molecule has 2 rings (SSSR count).